The highest BCUT2D eigenvalue weighted by Crippen LogP contribution is 2.31. The Kier molecular flexibility index (Phi) is 7.03. The van der Waals surface area contributed by atoms with Gasteiger partial charge >= 0.3 is 0 Å². The van der Waals surface area contributed by atoms with Gasteiger partial charge in [0.2, 0.25) is 0 Å². The first-order valence-corrected chi connectivity index (χ1v) is 9.51. The van der Waals surface area contributed by atoms with Crippen LogP contribution in [-0.4, -0.2) is 64.3 Å². The van der Waals surface area contributed by atoms with Crippen LogP contribution in [0.1, 0.15) is 28.4 Å². The summed E-state index contributed by atoms with van der Waals surface area (Å²) in [6.07, 6.45) is 3.64. The molecule has 2 aromatic rings. The highest BCUT2D eigenvalue weighted by Gasteiger charge is 2.38. The topological polar surface area (TPSA) is 112 Å². The van der Waals surface area contributed by atoms with E-state index in [1.165, 1.54) is 18.5 Å². The number of carboxylic acid groups (broad SMARTS) is 1. The van der Waals surface area contributed by atoms with E-state index in [9.17, 15) is 9.90 Å². The zero-order chi connectivity index (χ0) is 20.8. The molecule has 3 N–H and O–H groups in total. The molecule has 2 saturated heterocycles. The molecule has 0 saturated carbocycles. The molecule has 0 bridgehead atoms. The molecule has 29 heavy (non-hydrogen) atoms. The molecule has 8 nitrogen and oxygen atoms in total. The minimum Gasteiger partial charge on any atom is -0.506 e. The Morgan fingerprint density at radius 2 is 2.00 bits per heavy atom. The number of pyridine rings is 1. The fraction of sp³-hybridized carbons (Fsp3) is 0.350. The average molecular weight is 420 g/mol. The number of benzene rings is 1. The van der Waals surface area contributed by atoms with E-state index < -0.39 is 0 Å². The minimum atomic E-state index is -0.250. The molecule has 0 radical (unpaired) electrons. The van der Waals surface area contributed by atoms with Crippen molar-refractivity contribution in [2.75, 3.05) is 19.7 Å². The highest BCUT2D eigenvalue weighted by molar-refractivity contribution is 6.30. The quantitative estimate of drug-likeness (QED) is 0.653. The van der Waals surface area contributed by atoms with Gasteiger partial charge in [-0.2, -0.15) is 0 Å². The fourth-order valence-electron chi connectivity index (χ4n) is 3.68. The highest BCUT2D eigenvalue weighted by atomic mass is 35.5. The maximum Gasteiger partial charge on any atom is 0.290 e. The van der Waals surface area contributed by atoms with Crippen molar-refractivity contribution in [3.05, 3.63) is 58.9 Å². The Balaban J connectivity index is 0.000000755. The normalized spacial score (nSPS) is 23.4. The SMILES string of the molecule is O=C(N[C@@H]1C[C@H]2CO[C@@H](c3ccc(Cl)cc3)CN2C1)c1cncc(O)c1.O=CO. The van der Waals surface area contributed by atoms with Crippen molar-refractivity contribution >= 4 is 24.0 Å². The molecule has 3 heterocycles. The van der Waals surface area contributed by atoms with Gasteiger partial charge in [-0.1, -0.05) is 23.7 Å². The van der Waals surface area contributed by atoms with Gasteiger partial charge in [-0.25, -0.2) is 0 Å². The second kappa shape index (κ2) is 9.69. The summed E-state index contributed by atoms with van der Waals surface area (Å²) in [7, 11) is 0. The van der Waals surface area contributed by atoms with Crippen molar-refractivity contribution in [1.82, 2.24) is 15.2 Å². The van der Waals surface area contributed by atoms with E-state index in [-0.39, 0.29) is 30.3 Å². The number of amides is 1. The van der Waals surface area contributed by atoms with Crippen molar-refractivity contribution in [3.63, 3.8) is 0 Å². The summed E-state index contributed by atoms with van der Waals surface area (Å²) in [6, 6.07) is 9.54. The number of carbonyl (C=O) groups is 2. The number of nitrogens with one attached hydrogen (secondary N) is 1. The van der Waals surface area contributed by atoms with Crippen LogP contribution in [0.2, 0.25) is 5.02 Å². The van der Waals surface area contributed by atoms with Gasteiger partial charge in [0.05, 0.1) is 24.5 Å². The number of carbonyl (C=O) groups excluding carboxylic acids is 1. The van der Waals surface area contributed by atoms with Crippen LogP contribution in [0.15, 0.2) is 42.7 Å². The fourth-order valence-corrected chi connectivity index (χ4v) is 3.80. The molecular weight excluding hydrogens is 398 g/mol. The Hall–Kier alpha value is -2.68. The summed E-state index contributed by atoms with van der Waals surface area (Å²) in [5.41, 5.74) is 1.48. The number of nitrogens with zero attached hydrogens (tertiary/aromatic N) is 2. The van der Waals surface area contributed by atoms with Crippen LogP contribution in [0, 0.1) is 0 Å². The average Bonchev–Trinajstić information content (AvgIpc) is 3.10. The molecule has 0 aliphatic carbocycles. The van der Waals surface area contributed by atoms with Crippen LogP contribution in [0.4, 0.5) is 0 Å². The number of fused-ring (bicyclic) bond motifs is 1. The first-order valence-electron chi connectivity index (χ1n) is 9.14. The van der Waals surface area contributed by atoms with E-state index in [2.05, 4.69) is 15.2 Å². The second-order valence-corrected chi connectivity index (χ2v) is 7.36. The molecular formula is C20H22ClN3O5. The Labute approximate surface area is 173 Å². The Morgan fingerprint density at radius 1 is 1.28 bits per heavy atom. The van der Waals surface area contributed by atoms with Crippen LogP contribution < -0.4 is 5.32 Å². The number of morpholine rings is 1. The predicted molar refractivity (Wildman–Crippen MR) is 106 cm³/mol. The largest absolute Gasteiger partial charge is 0.506 e. The van der Waals surface area contributed by atoms with E-state index in [4.69, 9.17) is 26.2 Å². The summed E-state index contributed by atoms with van der Waals surface area (Å²) < 4.78 is 6.03. The molecule has 2 aliphatic heterocycles. The first-order chi connectivity index (χ1) is 14.0. The monoisotopic (exact) mass is 419 g/mol. The van der Waals surface area contributed by atoms with E-state index in [0.29, 0.717) is 23.2 Å². The maximum atomic E-state index is 12.4. The van der Waals surface area contributed by atoms with Crippen molar-refractivity contribution in [3.8, 4) is 5.75 Å². The smallest absolute Gasteiger partial charge is 0.290 e. The van der Waals surface area contributed by atoms with Crippen molar-refractivity contribution < 1.29 is 24.5 Å². The standard InChI is InChI=1S/C19H20ClN3O3.CH2O2/c20-14-3-1-12(2-4-14)18-10-23-9-15(6-16(23)11-26-18)22-19(25)13-5-17(24)8-21-7-13;2-1-3/h1-5,7-8,15-16,18,24H,6,9-11H2,(H,22,25);1H,(H,2,3)/t15-,16+,18-;/m1./s1. The number of aromatic nitrogens is 1. The molecule has 4 rings (SSSR count). The zero-order valence-electron chi connectivity index (χ0n) is 15.6. The number of hydrogen-bond acceptors (Lipinski definition) is 6. The summed E-state index contributed by atoms with van der Waals surface area (Å²) in [6.45, 7) is 1.98. The third-order valence-electron chi connectivity index (χ3n) is 4.98. The molecule has 9 heteroatoms. The number of halogens is 1. The van der Waals surface area contributed by atoms with E-state index in [1.807, 2.05) is 24.3 Å². The molecule has 0 unspecified atom stereocenters. The van der Waals surface area contributed by atoms with Crippen molar-refractivity contribution in [2.24, 2.45) is 0 Å². The van der Waals surface area contributed by atoms with Gasteiger partial charge in [0.1, 0.15) is 5.75 Å². The van der Waals surface area contributed by atoms with Crippen molar-refractivity contribution in [1.29, 1.82) is 0 Å². The second-order valence-electron chi connectivity index (χ2n) is 6.92. The first kappa shape index (κ1) is 21.0. The third-order valence-corrected chi connectivity index (χ3v) is 5.23. The van der Waals surface area contributed by atoms with Crippen LogP contribution >= 0.6 is 11.6 Å². The van der Waals surface area contributed by atoms with Gasteiger partial charge in [-0.15, -0.1) is 0 Å². The number of hydrogen-bond donors (Lipinski definition) is 3. The summed E-state index contributed by atoms with van der Waals surface area (Å²) in [5, 5.41) is 20.1. The lowest BCUT2D eigenvalue weighted by molar-refractivity contribution is -0.122. The van der Waals surface area contributed by atoms with Gasteiger partial charge in [-0.3, -0.25) is 19.5 Å². The van der Waals surface area contributed by atoms with Crippen LogP contribution in [0.25, 0.3) is 0 Å². The third kappa shape index (κ3) is 5.44. The molecule has 1 aromatic carbocycles. The zero-order valence-corrected chi connectivity index (χ0v) is 16.3. The maximum absolute atomic E-state index is 12.4. The molecule has 1 aromatic heterocycles. The van der Waals surface area contributed by atoms with Gasteiger partial charge in [0.15, 0.2) is 0 Å². The summed E-state index contributed by atoms with van der Waals surface area (Å²) in [4.78, 5) is 26.9. The number of rotatable bonds is 3. The lowest BCUT2D eigenvalue weighted by atomic mass is 10.1. The Morgan fingerprint density at radius 3 is 2.69 bits per heavy atom. The predicted octanol–water partition coefficient (Wildman–Crippen LogP) is 2.09. The van der Waals surface area contributed by atoms with Gasteiger partial charge < -0.3 is 20.3 Å². The summed E-state index contributed by atoms with van der Waals surface area (Å²) in [5.74, 6) is -0.228. The van der Waals surface area contributed by atoms with E-state index >= 15 is 0 Å². The number of aromatic hydroxyl groups is 1. The molecule has 0 spiro atoms. The van der Waals surface area contributed by atoms with Gasteiger partial charge in [0.25, 0.3) is 12.4 Å². The molecule has 2 aliphatic rings. The Bertz CT molecular complexity index is 848. The van der Waals surface area contributed by atoms with Crippen LogP contribution in [0.3, 0.4) is 0 Å². The summed E-state index contributed by atoms with van der Waals surface area (Å²) >= 11 is 5.96. The van der Waals surface area contributed by atoms with E-state index in [0.717, 1.165) is 25.1 Å². The molecule has 2 fully saturated rings. The molecule has 1 amide bonds. The molecule has 154 valence electrons. The molecule has 3 atom stereocenters. The van der Waals surface area contributed by atoms with E-state index in [1.54, 1.807) is 0 Å². The van der Waals surface area contributed by atoms with Gasteiger partial charge in [-0.05, 0) is 30.2 Å². The minimum absolute atomic E-state index is 0.0132. The van der Waals surface area contributed by atoms with Crippen molar-refractivity contribution in [2.45, 2.75) is 24.6 Å². The number of ether oxygens (including phenoxy) is 1. The van der Waals surface area contributed by atoms with Gasteiger partial charge in [0, 0.05) is 36.4 Å². The van der Waals surface area contributed by atoms with Crippen LogP contribution in [-0.2, 0) is 9.53 Å². The lowest BCUT2D eigenvalue weighted by Gasteiger charge is -2.35. The lowest BCUT2D eigenvalue weighted by Crippen LogP contribution is -2.43. The van der Waals surface area contributed by atoms with Crippen LogP contribution in [0.5, 0.6) is 5.75 Å².